The monoisotopic (exact) mass is 412 g/mol. The van der Waals surface area contributed by atoms with Crippen LogP contribution in [0.4, 0.5) is 0 Å². The van der Waals surface area contributed by atoms with Crippen molar-refractivity contribution in [2.45, 2.75) is 30.3 Å². The van der Waals surface area contributed by atoms with E-state index in [0.29, 0.717) is 25.1 Å². The van der Waals surface area contributed by atoms with E-state index in [1.807, 2.05) is 0 Å². The van der Waals surface area contributed by atoms with Gasteiger partial charge >= 0.3 is 0 Å². The van der Waals surface area contributed by atoms with Crippen LogP contribution in [0.15, 0.2) is 56.4 Å². The van der Waals surface area contributed by atoms with Gasteiger partial charge in [-0.05, 0) is 49.2 Å². The molecule has 1 aliphatic rings. The van der Waals surface area contributed by atoms with Crippen LogP contribution in [0.3, 0.4) is 0 Å². The molecule has 3 rings (SSSR count). The summed E-state index contributed by atoms with van der Waals surface area (Å²) in [6.07, 6.45) is 2.70. The molecule has 1 aromatic heterocycles. The van der Waals surface area contributed by atoms with E-state index in [1.165, 1.54) is 22.7 Å². The van der Waals surface area contributed by atoms with E-state index in [1.54, 1.807) is 24.3 Å². The van der Waals surface area contributed by atoms with Crippen LogP contribution in [-0.2, 0) is 21.4 Å². The first-order chi connectivity index (χ1) is 11.5. The third kappa shape index (κ3) is 3.55. The molecular formula is C16H17BrN2O4S. The van der Waals surface area contributed by atoms with Crippen molar-refractivity contribution in [3.8, 4) is 0 Å². The molecule has 1 N–H and O–H groups in total. The Hall–Kier alpha value is -1.64. The van der Waals surface area contributed by atoms with Gasteiger partial charge in [0.15, 0.2) is 0 Å². The summed E-state index contributed by atoms with van der Waals surface area (Å²) >= 11 is 3.29. The molecule has 1 amide bonds. The molecule has 24 heavy (non-hydrogen) atoms. The van der Waals surface area contributed by atoms with Gasteiger partial charge in [0, 0.05) is 11.0 Å². The van der Waals surface area contributed by atoms with E-state index in [4.69, 9.17) is 4.42 Å². The van der Waals surface area contributed by atoms with E-state index >= 15 is 0 Å². The molecule has 6 nitrogen and oxygen atoms in total. The molecule has 0 radical (unpaired) electrons. The van der Waals surface area contributed by atoms with Crippen LogP contribution in [0.25, 0.3) is 0 Å². The average Bonchev–Trinajstić information content (AvgIpc) is 3.24. The highest BCUT2D eigenvalue weighted by molar-refractivity contribution is 9.10. The van der Waals surface area contributed by atoms with E-state index in [0.717, 1.165) is 4.47 Å². The second-order valence-electron chi connectivity index (χ2n) is 5.52. The molecule has 0 bridgehead atoms. The molecule has 1 saturated heterocycles. The summed E-state index contributed by atoms with van der Waals surface area (Å²) in [5.74, 6) is 0.327. The van der Waals surface area contributed by atoms with Crippen molar-refractivity contribution in [2.75, 3.05) is 6.54 Å². The summed E-state index contributed by atoms with van der Waals surface area (Å²) in [6, 6.07) is 9.23. The SMILES string of the molecule is O=C(NCc1ccco1)[C@@H]1CCCN1S(=O)(=O)c1ccc(Br)cc1. The third-order valence-electron chi connectivity index (χ3n) is 3.94. The lowest BCUT2D eigenvalue weighted by atomic mass is 10.2. The number of hydrogen-bond acceptors (Lipinski definition) is 4. The van der Waals surface area contributed by atoms with Gasteiger partial charge in [0.2, 0.25) is 15.9 Å². The third-order valence-corrected chi connectivity index (χ3v) is 6.39. The minimum absolute atomic E-state index is 0.191. The van der Waals surface area contributed by atoms with Gasteiger partial charge in [0.05, 0.1) is 17.7 Å². The van der Waals surface area contributed by atoms with Gasteiger partial charge in [-0.2, -0.15) is 4.31 Å². The van der Waals surface area contributed by atoms with Crippen molar-refractivity contribution < 1.29 is 17.6 Å². The Kier molecular flexibility index (Phi) is 5.07. The number of rotatable bonds is 5. The second-order valence-corrected chi connectivity index (χ2v) is 8.33. The molecule has 2 aromatic rings. The van der Waals surface area contributed by atoms with Crippen LogP contribution in [-0.4, -0.2) is 31.2 Å². The predicted octanol–water partition coefficient (Wildman–Crippen LogP) is 2.51. The van der Waals surface area contributed by atoms with Crippen LogP contribution in [0.5, 0.6) is 0 Å². The standard InChI is InChI=1S/C16H17BrN2O4S/c17-12-5-7-14(8-6-12)24(21,22)19-9-1-4-15(19)16(20)18-11-13-3-2-10-23-13/h2-3,5-8,10,15H,1,4,9,11H2,(H,18,20)/t15-/m0/s1. The number of furan rings is 1. The van der Waals surface area contributed by atoms with Crippen LogP contribution < -0.4 is 5.32 Å². The summed E-state index contributed by atoms with van der Waals surface area (Å²) in [7, 11) is -3.69. The highest BCUT2D eigenvalue weighted by atomic mass is 79.9. The van der Waals surface area contributed by atoms with E-state index < -0.39 is 16.1 Å². The smallest absolute Gasteiger partial charge is 0.243 e. The minimum atomic E-state index is -3.69. The fraction of sp³-hybridized carbons (Fsp3) is 0.312. The number of sulfonamides is 1. The largest absolute Gasteiger partial charge is 0.467 e. The number of amides is 1. The highest BCUT2D eigenvalue weighted by Gasteiger charge is 2.39. The Morgan fingerprint density at radius 3 is 2.71 bits per heavy atom. The summed E-state index contributed by atoms with van der Waals surface area (Å²) < 4.78 is 32.9. The van der Waals surface area contributed by atoms with Crippen LogP contribution in [0, 0.1) is 0 Å². The molecule has 0 saturated carbocycles. The maximum Gasteiger partial charge on any atom is 0.243 e. The number of nitrogens with one attached hydrogen (secondary N) is 1. The van der Waals surface area contributed by atoms with E-state index in [9.17, 15) is 13.2 Å². The molecule has 0 aliphatic carbocycles. The average molecular weight is 413 g/mol. The molecule has 0 spiro atoms. The van der Waals surface area contributed by atoms with Gasteiger partial charge in [0.25, 0.3) is 0 Å². The Bertz CT molecular complexity index is 803. The summed E-state index contributed by atoms with van der Waals surface area (Å²) in [6.45, 7) is 0.589. The van der Waals surface area contributed by atoms with Gasteiger partial charge < -0.3 is 9.73 Å². The number of benzene rings is 1. The number of halogens is 1. The van der Waals surface area contributed by atoms with Gasteiger partial charge in [-0.3, -0.25) is 4.79 Å². The van der Waals surface area contributed by atoms with Crippen molar-refractivity contribution in [2.24, 2.45) is 0 Å². The molecule has 1 aromatic carbocycles. The van der Waals surface area contributed by atoms with Gasteiger partial charge in [-0.25, -0.2) is 8.42 Å². The van der Waals surface area contributed by atoms with Crippen molar-refractivity contribution in [3.63, 3.8) is 0 Å². The summed E-state index contributed by atoms with van der Waals surface area (Å²) in [5, 5.41) is 2.74. The predicted molar refractivity (Wildman–Crippen MR) is 91.6 cm³/mol. The summed E-state index contributed by atoms with van der Waals surface area (Å²) in [5.41, 5.74) is 0. The number of carbonyl (C=O) groups is 1. The quantitative estimate of drug-likeness (QED) is 0.817. The fourth-order valence-corrected chi connectivity index (χ4v) is 4.66. The summed E-state index contributed by atoms with van der Waals surface area (Å²) in [4.78, 5) is 12.6. The normalized spacial score (nSPS) is 18.6. The van der Waals surface area contributed by atoms with Crippen LogP contribution in [0.1, 0.15) is 18.6 Å². The zero-order valence-electron chi connectivity index (χ0n) is 12.8. The Labute approximate surface area is 149 Å². The fourth-order valence-electron chi connectivity index (χ4n) is 2.74. The van der Waals surface area contributed by atoms with Gasteiger partial charge in [-0.15, -0.1) is 0 Å². The van der Waals surface area contributed by atoms with Crippen LogP contribution >= 0.6 is 15.9 Å². The van der Waals surface area contributed by atoms with E-state index in [2.05, 4.69) is 21.2 Å². The highest BCUT2D eigenvalue weighted by Crippen LogP contribution is 2.27. The van der Waals surface area contributed by atoms with Crippen LogP contribution in [0.2, 0.25) is 0 Å². The molecule has 128 valence electrons. The van der Waals surface area contributed by atoms with Gasteiger partial charge in [0.1, 0.15) is 11.8 Å². The topological polar surface area (TPSA) is 79.6 Å². The molecule has 0 unspecified atom stereocenters. The molecule has 8 heteroatoms. The minimum Gasteiger partial charge on any atom is -0.467 e. The van der Waals surface area contributed by atoms with Crippen molar-refractivity contribution in [1.29, 1.82) is 0 Å². The molecule has 1 aliphatic heterocycles. The first-order valence-corrected chi connectivity index (χ1v) is 9.79. The molecular weight excluding hydrogens is 396 g/mol. The Balaban J connectivity index is 1.74. The van der Waals surface area contributed by atoms with E-state index in [-0.39, 0.29) is 17.3 Å². The van der Waals surface area contributed by atoms with Crippen molar-refractivity contribution in [3.05, 3.63) is 52.9 Å². The molecule has 1 atom stereocenters. The van der Waals surface area contributed by atoms with Gasteiger partial charge in [-0.1, -0.05) is 15.9 Å². The first-order valence-electron chi connectivity index (χ1n) is 7.56. The zero-order chi connectivity index (χ0) is 17.2. The Morgan fingerprint density at radius 2 is 2.04 bits per heavy atom. The number of hydrogen-bond donors (Lipinski definition) is 1. The number of nitrogens with zero attached hydrogens (tertiary/aromatic N) is 1. The molecule has 2 heterocycles. The lowest BCUT2D eigenvalue weighted by molar-refractivity contribution is -0.124. The maximum atomic E-state index is 12.8. The zero-order valence-corrected chi connectivity index (χ0v) is 15.2. The first kappa shape index (κ1) is 17.2. The maximum absolute atomic E-state index is 12.8. The second kappa shape index (κ2) is 7.08. The lowest BCUT2D eigenvalue weighted by Gasteiger charge is -2.23. The molecule has 1 fully saturated rings. The van der Waals surface area contributed by atoms with Crippen molar-refractivity contribution >= 4 is 31.9 Å². The van der Waals surface area contributed by atoms with Crippen molar-refractivity contribution in [1.82, 2.24) is 9.62 Å². The number of carbonyl (C=O) groups excluding carboxylic acids is 1. The lowest BCUT2D eigenvalue weighted by Crippen LogP contribution is -2.45. The Morgan fingerprint density at radius 1 is 1.29 bits per heavy atom.